The van der Waals surface area contributed by atoms with E-state index in [1.54, 1.807) is 10.8 Å². The Bertz CT molecular complexity index is 841. The minimum absolute atomic E-state index is 0.0463. The number of carbonyl (C=O) groups is 1. The van der Waals surface area contributed by atoms with E-state index in [9.17, 15) is 9.59 Å². The number of nitrogens with one attached hydrogen (secondary N) is 1. The van der Waals surface area contributed by atoms with Gasteiger partial charge in [0.25, 0.3) is 0 Å². The summed E-state index contributed by atoms with van der Waals surface area (Å²) in [6, 6.07) is 5.85. The number of nitrogens with zero attached hydrogens (tertiary/aromatic N) is 5. The number of ether oxygens (including phenoxy) is 1. The van der Waals surface area contributed by atoms with E-state index < -0.39 is 0 Å². The van der Waals surface area contributed by atoms with Crippen LogP contribution < -0.4 is 10.6 Å². The van der Waals surface area contributed by atoms with Gasteiger partial charge in [-0.3, -0.25) is 9.36 Å². The Labute approximate surface area is 167 Å². The maximum absolute atomic E-state index is 12.6. The second-order valence-electron chi connectivity index (χ2n) is 6.90. The highest BCUT2D eigenvalue weighted by atomic mass is 32.2. The molecule has 0 unspecified atom stereocenters. The molecule has 2 aromatic heterocycles. The minimum atomic E-state index is -0.255. The lowest BCUT2D eigenvalue weighted by atomic mass is 10.2. The van der Waals surface area contributed by atoms with Gasteiger partial charge in [-0.15, -0.1) is 5.10 Å². The minimum Gasteiger partial charge on any atom is -0.376 e. The van der Waals surface area contributed by atoms with Gasteiger partial charge in [0.05, 0.1) is 18.4 Å². The van der Waals surface area contributed by atoms with Crippen LogP contribution in [-0.4, -0.2) is 75.2 Å². The molecule has 1 N–H and O–H groups in total. The van der Waals surface area contributed by atoms with Crippen LogP contribution in [0.25, 0.3) is 0 Å². The molecule has 28 heavy (non-hydrogen) atoms. The van der Waals surface area contributed by atoms with Crippen LogP contribution in [0.5, 0.6) is 0 Å². The number of H-pyrrole nitrogens is 1. The molecule has 2 aromatic rings. The van der Waals surface area contributed by atoms with Crippen LogP contribution in [0.2, 0.25) is 0 Å². The summed E-state index contributed by atoms with van der Waals surface area (Å²) in [7, 11) is 0. The van der Waals surface area contributed by atoms with Crippen molar-refractivity contribution in [1.82, 2.24) is 24.6 Å². The molecule has 2 saturated heterocycles. The van der Waals surface area contributed by atoms with Crippen LogP contribution in [0, 0.1) is 0 Å². The maximum atomic E-state index is 12.6. The third-order valence-corrected chi connectivity index (χ3v) is 6.02. The van der Waals surface area contributed by atoms with E-state index in [1.807, 2.05) is 23.1 Å². The Morgan fingerprint density at radius 2 is 2.14 bits per heavy atom. The van der Waals surface area contributed by atoms with Crippen LogP contribution in [-0.2, 0) is 16.1 Å². The number of thioether (sulfide) groups is 1. The molecule has 0 bridgehead atoms. The van der Waals surface area contributed by atoms with Crippen molar-refractivity contribution >= 4 is 23.5 Å². The van der Waals surface area contributed by atoms with E-state index in [-0.39, 0.29) is 23.5 Å². The van der Waals surface area contributed by atoms with E-state index in [4.69, 9.17) is 4.74 Å². The molecule has 0 aromatic carbocycles. The van der Waals surface area contributed by atoms with Gasteiger partial charge >= 0.3 is 5.69 Å². The summed E-state index contributed by atoms with van der Waals surface area (Å²) in [5, 5.41) is 7.10. The van der Waals surface area contributed by atoms with Crippen LogP contribution in [0.4, 0.5) is 5.82 Å². The standard InChI is InChI=1S/C18H24N6O3S/c25-16(23-9-7-22(8-10-23)15-5-1-2-6-19-15)13-28-18-21-20-17(26)24(18)12-14-4-3-11-27-14/h1-2,5-6,14H,3-4,7-13H2,(H,20,26)/t14-/m0/s1. The number of rotatable bonds is 6. The number of anilines is 1. The monoisotopic (exact) mass is 404 g/mol. The van der Waals surface area contributed by atoms with E-state index in [1.165, 1.54) is 11.8 Å². The van der Waals surface area contributed by atoms with Crippen molar-refractivity contribution in [2.45, 2.75) is 30.6 Å². The number of hydrogen-bond donors (Lipinski definition) is 1. The number of aromatic amines is 1. The molecule has 2 aliphatic rings. The highest BCUT2D eigenvalue weighted by Gasteiger charge is 2.24. The first-order valence-electron chi connectivity index (χ1n) is 9.54. The van der Waals surface area contributed by atoms with Gasteiger partial charge in [0.1, 0.15) is 5.82 Å². The molecule has 0 aliphatic carbocycles. The summed E-state index contributed by atoms with van der Waals surface area (Å²) in [6.07, 6.45) is 3.79. The molecule has 1 amide bonds. The van der Waals surface area contributed by atoms with E-state index >= 15 is 0 Å². The van der Waals surface area contributed by atoms with Crippen molar-refractivity contribution in [2.24, 2.45) is 0 Å². The van der Waals surface area contributed by atoms with Crippen LogP contribution >= 0.6 is 11.8 Å². The third kappa shape index (κ3) is 4.39. The van der Waals surface area contributed by atoms with Crippen molar-refractivity contribution in [3.8, 4) is 0 Å². The van der Waals surface area contributed by atoms with Crippen molar-refractivity contribution in [1.29, 1.82) is 0 Å². The molecule has 2 fully saturated rings. The van der Waals surface area contributed by atoms with Crippen LogP contribution in [0.15, 0.2) is 34.3 Å². The van der Waals surface area contributed by atoms with E-state index in [0.717, 1.165) is 38.4 Å². The molecular weight excluding hydrogens is 380 g/mol. The first kappa shape index (κ1) is 19.0. The molecule has 9 nitrogen and oxygen atoms in total. The molecule has 2 aliphatic heterocycles. The number of carbonyl (C=O) groups excluding carboxylic acids is 1. The average Bonchev–Trinajstić information content (AvgIpc) is 3.38. The zero-order valence-corrected chi connectivity index (χ0v) is 16.4. The average molecular weight is 404 g/mol. The molecule has 1 atom stereocenters. The van der Waals surface area contributed by atoms with Crippen LogP contribution in [0.3, 0.4) is 0 Å². The van der Waals surface area contributed by atoms with Gasteiger partial charge in [-0.2, -0.15) is 0 Å². The normalized spacial score (nSPS) is 19.9. The molecule has 0 saturated carbocycles. The zero-order valence-electron chi connectivity index (χ0n) is 15.6. The summed E-state index contributed by atoms with van der Waals surface area (Å²) in [4.78, 5) is 33.0. The first-order chi connectivity index (χ1) is 13.7. The van der Waals surface area contributed by atoms with Gasteiger partial charge in [0.2, 0.25) is 5.91 Å². The second-order valence-corrected chi connectivity index (χ2v) is 7.84. The van der Waals surface area contributed by atoms with Crippen molar-refractivity contribution in [3.63, 3.8) is 0 Å². The lowest BCUT2D eigenvalue weighted by molar-refractivity contribution is -0.128. The fourth-order valence-electron chi connectivity index (χ4n) is 3.51. The Balaban J connectivity index is 1.29. The molecule has 4 heterocycles. The van der Waals surface area contributed by atoms with Crippen molar-refractivity contribution in [2.75, 3.05) is 43.4 Å². The van der Waals surface area contributed by atoms with Crippen LogP contribution in [0.1, 0.15) is 12.8 Å². The zero-order chi connectivity index (χ0) is 19.3. The predicted octanol–water partition coefficient (Wildman–Crippen LogP) is 0.586. The number of amides is 1. The largest absolute Gasteiger partial charge is 0.376 e. The van der Waals surface area contributed by atoms with Gasteiger partial charge in [0, 0.05) is 39.0 Å². The first-order valence-corrected chi connectivity index (χ1v) is 10.5. The SMILES string of the molecule is O=C(CSc1n[nH]c(=O)n1C[C@@H]1CCCO1)N1CCN(c2ccccn2)CC1. The number of hydrogen-bond acceptors (Lipinski definition) is 7. The van der Waals surface area contributed by atoms with Crippen molar-refractivity contribution in [3.05, 3.63) is 34.9 Å². The molecule has 0 radical (unpaired) electrons. The van der Waals surface area contributed by atoms with E-state index in [2.05, 4.69) is 20.1 Å². The molecule has 150 valence electrons. The summed E-state index contributed by atoms with van der Waals surface area (Å²) in [6.45, 7) is 4.08. The Morgan fingerprint density at radius 1 is 1.29 bits per heavy atom. The topological polar surface area (TPSA) is 96.3 Å². The fraction of sp³-hybridized carbons (Fsp3) is 0.556. The number of piperazine rings is 1. The highest BCUT2D eigenvalue weighted by molar-refractivity contribution is 7.99. The highest BCUT2D eigenvalue weighted by Crippen LogP contribution is 2.19. The van der Waals surface area contributed by atoms with Gasteiger partial charge in [-0.25, -0.2) is 14.9 Å². The van der Waals surface area contributed by atoms with Gasteiger partial charge < -0.3 is 14.5 Å². The second kappa shape index (κ2) is 8.78. The lowest BCUT2D eigenvalue weighted by Gasteiger charge is -2.35. The van der Waals surface area contributed by atoms with E-state index in [0.29, 0.717) is 24.8 Å². The summed E-state index contributed by atoms with van der Waals surface area (Å²) >= 11 is 1.30. The van der Waals surface area contributed by atoms with Gasteiger partial charge in [-0.05, 0) is 25.0 Å². The summed E-state index contributed by atoms with van der Waals surface area (Å²) in [5.41, 5.74) is -0.255. The Kier molecular flexibility index (Phi) is 5.96. The summed E-state index contributed by atoms with van der Waals surface area (Å²) in [5.74, 6) is 1.27. The molecule has 4 rings (SSSR count). The molecular formula is C18H24N6O3S. The molecule has 10 heteroatoms. The quantitative estimate of drug-likeness (QED) is 0.704. The smallest absolute Gasteiger partial charge is 0.344 e. The third-order valence-electron chi connectivity index (χ3n) is 5.06. The predicted molar refractivity (Wildman–Crippen MR) is 106 cm³/mol. The number of pyridine rings is 1. The fourth-order valence-corrected chi connectivity index (χ4v) is 4.37. The maximum Gasteiger partial charge on any atom is 0.344 e. The molecule has 0 spiro atoms. The Hall–Kier alpha value is -2.33. The van der Waals surface area contributed by atoms with Gasteiger partial charge in [0.15, 0.2) is 5.16 Å². The van der Waals surface area contributed by atoms with Crippen molar-refractivity contribution < 1.29 is 9.53 Å². The lowest BCUT2D eigenvalue weighted by Crippen LogP contribution is -2.49. The summed E-state index contributed by atoms with van der Waals surface area (Å²) < 4.78 is 7.18. The Morgan fingerprint density at radius 3 is 2.86 bits per heavy atom. The van der Waals surface area contributed by atoms with Gasteiger partial charge in [-0.1, -0.05) is 17.8 Å². The number of aromatic nitrogens is 4.